The zero-order valence-corrected chi connectivity index (χ0v) is 31.7. The van der Waals surface area contributed by atoms with Crippen LogP contribution in [0, 0.1) is 0 Å². The molecular formula is C41H48N10O4. The summed E-state index contributed by atoms with van der Waals surface area (Å²) in [7, 11) is 1.40. The maximum Gasteiger partial charge on any atom is 0.407 e. The SMILES string of the molecule is CCN(CC)[C@@H](C(=O)N1CCC[C@H]1c1ncc(-c2ccc(-c3ncc(-c4cnc([C@@H]5CCCN5C(=O)[C@H](C)N(C)C(=O)O)[nH]4)cn3)cc2)[nH]1)c1ccccc1. The molecular weight excluding hydrogens is 697 g/mol. The van der Waals surface area contributed by atoms with Crippen LogP contribution in [0.15, 0.2) is 79.4 Å². The van der Waals surface area contributed by atoms with Crippen LogP contribution in [-0.4, -0.2) is 112 Å². The summed E-state index contributed by atoms with van der Waals surface area (Å²) in [5.74, 6) is 1.89. The van der Waals surface area contributed by atoms with Gasteiger partial charge in [0.1, 0.15) is 23.7 Å². The molecule has 55 heavy (non-hydrogen) atoms. The number of H-pyrrole nitrogens is 2. The van der Waals surface area contributed by atoms with Gasteiger partial charge in [-0.05, 0) is 56.8 Å². The first-order valence-electron chi connectivity index (χ1n) is 19.1. The van der Waals surface area contributed by atoms with E-state index in [0.717, 1.165) is 83.1 Å². The van der Waals surface area contributed by atoms with Crippen LogP contribution in [0.3, 0.4) is 0 Å². The summed E-state index contributed by atoms with van der Waals surface area (Å²) in [6.45, 7) is 8.61. The summed E-state index contributed by atoms with van der Waals surface area (Å²) in [5, 5.41) is 9.34. The first kappa shape index (κ1) is 37.4. The maximum atomic E-state index is 14.2. The van der Waals surface area contributed by atoms with Crippen molar-refractivity contribution >= 4 is 17.9 Å². The van der Waals surface area contributed by atoms with Crippen molar-refractivity contribution in [3.05, 3.63) is 96.6 Å². The number of carboxylic acid groups (broad SMARTS) is 1. The number of nitrogens with zero attached hydrogens (tertiary/aromatic N) is 8. The topological polar surface area (TPSA) is 168 Å². The fourth-order valence-electron chi connectivity index (χ4n) is 7.81. The second kappa shape index (κ2) is 16.2. The Morgan fingerprint density at radius 3 is 1.82 bits per heavy atom. The number of likely N-dealkylation sites (tertiary alicyclic amines) is 2. The van der Waals surface area contributed by atoms with Gasteiger partial charge in [0, 0.05) is 43.7 Å². The quantitative estimate of drug-likeness (QED) is 0.132. The highest BCUT2D eigenvalue weighted by atomic mass is 16.4. The number of hydrogen-bond acceptors (Lipinski definition) is 8. The summed E-state index contributed by atoms with van der Waals surface area (Å²) in [6, 6.07) is 16.5. The van der Waals surface area contributed by atoms with E-state index >= 15 is 0 Å². The molecule has 14 nitrogen and oxygen atoms in total. The number of rotatable bonds is 12. The lowest BCUT2D eigenvalue weighted by Crippen LogP contribution is -2.47. The molecule has 0 aliphatic carbocycles. The molecule has 2 aliphatic heterocycles. The highest BCUT2D eigenvalue weighted by Crippen LogP contribution is 2.36. The van der Waals surface area contributed by atoms with Gasteiger partial charge in [-0.3, -0.25) is 19.4 Å². The minimum Gasteiger partial charge on any atom is -0.465 e. The fourth-order valence-corrected chi connectivity index (χ4v) is 7.81. The molecule has 5 heterocycles. The molecule has 2 saturated heterocycles. The zero-order chi connectivity index (χ0) is 38.6. The molecule has 2 aromatic carbocycles. The van der Waals surface area contributed by atoms with Gasteiger partial charge in [0.25, 0.3) is 0 Å². The molecule has 0 bridgehead atoms. The van der Waals surface area contributed by atoms with Gasteiger partial charge in [-0.25, -0.2) is 24.7 Å². The standard InChI is InChI=1S/C41H48N10O4/c1-5-49(6-2)35(28-12-8-7-9-13-28)40(53)51-21-11-15-34(51)38-44-24-31(46-38)27-16-18-29(19-17-27)36-42-22-30(23-43-36)32-25-45-37(47-32)33-14-10-20-50(33)39(52)26(3)48(4)41(54)55/h7-9,12-13,16-19,22-26,33-35H,5-6,10-11,14-15,20-21H2,1-4H3,(H,44,46)(H,45,47)(H,54,55)/t26-,33-,34-,35+/m0/s1. The normalized spacial score (nSPS) is 18.1. The predicted octanol–water partition coefficient (Wildman–Crippen LogP) is 6.33. The Morgan fingerprint density at radius 2 is 1.27 bits per heavy atom. The van der Waals surface area contributed by atoms with Crippen LogP contribution in [-0.2, 0) is 9.59 Å². The summed E-state index contributed by atoms with van der Waals surface area (Å²) in [4.78, 5) is 71.2. The number of hydrogen-bond donors (Lipinski definition) is 3. The van der Waals surface area contributed by atoms with Crippen molar-refractivity contribution in [2.24, 2.45) is 0 Å². The van der Waals surface area contributed by atoms with Gasteiger partial charge in [0.05, 0.1) is 35.9 Å². The van der Waals surface area contributed by atoms with Crippen LogP contribution in [0.5, 0.6) is 0 Å². The summed E-state index contributed by atoms with van der Waals surface area (Å²) >= 11 is 0. The van der Waals surface area contributed by atoms with Gasteiger partial charge < -0.3 is 24.9 Å². The van der Waals surface area contributed by atoms with Crippen molar-refractivity contribution in [3.63, 3.8) is 0 Å². The van der Waals surface area contributed by atoms with Crippen molar-refractivity contribution in [3.8, 4) is 33.9 Å². The average molecular weight is 745 g/mol. The van der Waals surface area contributed by atoms with Gasteiger partial charge in [-0.1, -0.05) is 68.4 Å². The smallest absolute Gasteiger partial charge is 0.407 e. The lowest BCUT2D eigenvalue weighted by molar-refractivity contribution is -0.138. The van der Waals surface area contributed by atoms with Gasteiger partial charge in [-0.15, -0.1) is 0 Å². The van der Waals surface area contributed by atoms with E-state index < -0.39 is 12.1 Å². The van der Waals surface area contributed by atoms with Crippen molar-refractivity contribution in [2.75, 3.05) is 33.2 Å². The number of nitrogens with one attached hydrogen (secondary N) is 2. The number of likely N-dealkylation sites (N-methyl/N-ethyl adjacent to an activating group) is 2. The van der Waals surface area contributed by atoms with E-state index in [-0.39, 0.29) is 29.9 Å². The molecule has 0 saturated carbocycles. The Balaban J connectivity index is 1.02. The molecule has 286 valence electrons. The predicted molar refractivity (Wildman–Crippen MR) is 207 cm³/mol. The van der Waals surface area contributed by atoms with Crippen LogP contribution >= 0.6 is 0 Å². The second-order valence-corrected chi connectivity index (χ2v) is 14.2. The van der Waals surface area contributed by atoms with Crippen molar-refractivity contribution in [2.45, 2.75) is 70.6 Å². The largest absolute Gasteiger partial charge is 0.465 e. The minimum atomic E-state index is -1.15. The number of amides is 3. The highest BCUT2D eigenvalue weighted by Gasteiger charge is 2.38. The summed E-state index contributed by atoms with van der Waals surface area (Å²) in [6.07, 6.45) is 9.21. The molecule has 2 fully saturated rings. The molecule has 4 atom stereocenters. The van der Waals surface area contributed by atoms with Gasteiger partial charge in [0.15, 0.2) is 5.82 Å². The lowest BCUT2D eigenvalue weighted by atomic mass is 10.0. The van der Waals surface area contributed by atoms with Crippen molar-refractivity contribution < 1.29 is 19.5 Å². The number of aromatic amines is 2. The first-order valence-corrected chi connectivity index (χ1v) is 19.1. The molecule has 3 amide bonds. The third-order valence-electron chi connectivity index (χ3n) is 11.1. The van der Waals surface area contributed by atoms with Crippen molar-refractivity contribution in [1.82, 2.24) is 49.5 Å². The number of aromatic nitrogens is 6. The Kier molecular flexibility index (Phi) is 11.0. The van der Waals surface area contributed by atoms with E-state index in [2.05, 4.69) is 43.7 Å². The minimum absolute atomic E-state index is 0.114. The van der Waals surface area contributed by atoms with E-state index in [9.17, 15) is 19.5 Å². The Morgan fingerprint density at radius 1 is 0.745 bits per heavy atom. The number of carbonyl (C=O) groups is 3. The molecule has 0 unspecified atom stereocenters. The van der Waals surface area contributed by atoms with Gasteiger partial charge in [-0.2, -0.15) is 0 Å². The lowest BCUT2D eigenvalue weighted by Gasteiger charge is -2.34. The van der Waals surface area contributed by atoms with Crippen LogP contribution in [0.1, 0.15) is 81.8 Å². The number of imidazole rings is 2. The third-order valence-corrected chi connectivity index (χ3v) is 11.1. The highest BCUT2D eigenvalue weighted by molar-refractivity contribution is 5.85. The average Bonchev–Trinajstić information content (AvgIpc) is 4.06. The molecule has 0 radical (unpaired) electrons. The van der Waals surface area contributed by atoms with E-state index in [1.54, 1.807) is 30.4 Å². The zero-order valence-electron chi connectivity index (χ0n) is 31.7. The van der Waals surface area contributed by atoms with Gasteiger partial charge >= 0.3 is 6.09 Å². The summed E-state index contributed by atoms with van der Waals surface area (Å²) in [5.41, 5.74) is 5.20. The fraction of sp³-hybridized carbons (Fsp3) is 0.390. The third kappa shape index (κ3) is 7.59. The van der Waals surface area contributed by atoms with Crippen LogP contribution in [0.25, 0.3) is 33.9 Å². The Hall–Kier alpha value is -5.89. The Bertz CT molecular complexity index is 2100. The monoisotopic (exact) mass is 744 g/mol. The van der Waals surface area contributed by atoms with Crippen LogP contribution < -0.4 is 0 Å². The molecule has 0 spiro atoms. The second-order valence-electron chi connectivity index (χ2n) is 14.2. The molecule has 3 N–H and O–H groups in total. The molecule has 14 heteroatoms. The van der Waals surface area contributed by atoms with E-state index in [0.29, 0.717) is 24.7 Å². The van der Waals surface area contributed by atoms with Crippen LogP contribution in [0.4, 0.5) is 4.79 Å². The molecule has 5 aromatic rings. The van der Waals surface area contributed by atoms with Crippen molar-refractivity contribution in [1.29, 1.82) is 0 Å². The van der Waals surface area contributed by atoms with E-state index in [1.807, 2.05) is 65.7 Å². The van der Waals surface area contributed by atoms with E-state index in [4.69, 9.17) is 4.98 Å². The Labute approximate surface area is 320 Å². The first-order chi connectivity index (χ1) is 26.7. The maximum absolute atomic E-state index is 14.2. The molecule has 3 aromatic heterocycles. The van der Waals surface area contributed by atoms with E-state index in [1.165, 1.54) is 7.05 Å². The van der Waals surface area contributed by atoms with Gasteiger partial charge in [0.2, 0.25) is 11.8 Å². The molecule has 7 rings (SSSR count). The number of benzene rings is 2. The van der Waals surface area contributed by atoms with Crippen LogP contribution in [0.2, 0.25) is 0 Å². The number of carbonyl (C=O) groups excluding carboxylic acids is 2. The summed E-state index contributed by atoms with van der Waals surface area (Å²) < 4.78 is 0. The molecule has 2 aliphatic rings.